The van der Waals surface area contributed by atoms with Gasteiger partial charge in [0.1, 0.15) is 17.3 Å². The maximum Gasteiger partial charge on any atom is 0.276 e. The number of benzene rings is 2. The molecule has 0 unspecified atom stereocenters. The van der Waals surface area contributed by atoms with Crippen LogP contribution in [0.5, 0.6) is 0 Å². The van der Waals surface area contributed by atoms with Crippen molar-refractivity contribution < 1.29 is 18.0 Å². The summed E-state index contributed by atoms with van der Waals surface area (Å²) < 4.78 is 38.0. The highest BCUT2D eigenvalue weighted by Gasteiger charge is 2.17. The summed E-state index contributed by atoms with van der Waals surface area (Å²) in [7, 11) is 1.47. The predicted molar refractivity (Wildman–Crippen MR) is 92.7 cm³/mol. The van der Waals surface area contributed by atoms with Crippen molar-refractivity contribution in [3.8, 4) is 11.4 Å². The number of halogens is 2. The average Bonchev–Trinajstić information content (AvgIpc) is 3.13. The molecule has 26 heavy (non-hydrogen) atoms. The smallest absolute Gasteiger partial charge is 0.276 e. The van der Waals surface area contributed by atoms with Gasteiger partial charge in [0.25, 0.3) is 5.89 Å². The van der Waals surface area contributed by atoms with E-state index < -0.39 is 11.6 Å². The summed E-state index contributed by atoms with van der Waals surface area (Å²) >= 11 is 0. The van der Waals surface area contributed by atoms with Gasteiger partial charge in [-0.15, -0.1) is 0 Å². The first-order chi connectivity index (χ1) is 12.6. The van der Waals surface area contributed by atoms with E-state index in [2.05, 4.69) is 15.5 Å². The third-order valence-corrected chi connectivity index (χ3v) is 3.54. The molecule has 0 aliphatic carbocycles. The standard InChI is InChI=1S/C18H16F2N4O2/c1-25-10-15(22-14-9-5-4-8-13(14)20)16(21)18-23-17(24-26-18)11-6-2-3-7-12(11)19/h2-9,22H,10,21H2,1H3/b16-15-. The first-order valence-corrected chi connectivity index (χ1v) is 7.68. The summed E-state index contributed by atoms with van der Waals surface area (Å²) in [5, 5.41) is 6.61. The third kappa shape index (κ3) is 3.70. The number of anilines is 1. The number of para-hydroxylation sites is 1. The van der Waals surface area contributed by atoms with Crippen LogP contribution in [-0.2, 0) is 4.74 Å². The highest BCUT2D eigenvalue weighted by Crippen LogP contribution is 2.23. The maximum absolute atomic E-state index is 13.9. The lowest BCUT2D eigenvalue weighted by atomic mass is 10.2. The van der Waals surface area contributed by atoms with Crippen LogP contribution in [0.3, 0.4) is 0 Å². The van der Waals surface area contributed by atoms with Gasteiger partial charge in [-0.2, -0.15) is 4.98 Å². The quantitative estimate of drug-likeness (QED) is 0.702. The normalized spacial score (nSPS) is 12.0. The van der Waals surface area contributed by atoms with Gasteiger partial charge in [-0.1, -0.05) is 29.4 Å². The van der Waals surface area contributed by atoms with Crippen molar-refractivity contribution in [3.05, 3.63) is 71.8 Å². The number of hydrogen-bond donors (Lipinski definition) is 2. The number of rotatable bonds is 6. The number of nitrogens with two attached hydrogens (primary N) is 1. The van der Waals surface area contributed by atoms with Gasteiger partial charge in [-0.25, -0.2) is 8.78 Å². The molecule has 3 aromatic rings. The van der Waals surface area contributed by atoms with E-state index in [9.17, 15) is 8.78 Å². The zero-order valence-electron chi connectivity index (χ0n) is 13.9. The van der Waals surface area contributed by atoms with Gasteiger partial charge >= 0.3 is 0 Å². The van der Waals surface area contributed by atoms with Crippen LogP contribution in [0, 0.1) is 11.6 Å². The summed E-state index contributed by atoms with van der Waals surface area (Å²) in [4.78, 5) is 4.12. The van der Waals surface area contributed by atoms with Crippen LogP contribution in [0.2, 0.25) is 0 Å². The van der Waals surface area contributed by atoms with E-state index in [1.807, 2.05) is 0 Å². The molecule has 1 heterocycles. The molecule has 1 aromatic heterocycles. The number of hydrogen-bond acceptors (Lipinski definition) is 6. The molecular formula is C18H16F2N4O2. The Morgan fingerprint density at radius 2 is 1.81 bits per heavy atom. The molecule has 0 spiro atoms. The molecule has 8 heteroatoms. The van der Waals surface area contributed by atoms with Crippen molar-refractivity contribution in [1.29, 1.82) is 0 Å². The molecule has 134 valence electrons. The van der Waals surface area contributed by atoms with E-state index in [1.165, 1.54) is 25.3 Å². The Morgan fingerprint density at radius 3 is 2.50 bits per heavy atom. The van der Waals surface area contributed by atoms with Crippen LogP contribution in [0.1, 0.15) is 5.89 Å². The second-order valence-corrected chi connectivity index (χ2v) is 5.33. The van der Waals surface area contributed by atoms with Gasteiger partial charge in [-0.05, 0) is 24.3 Å². The van der Waals surface area contributed by atoms with E-state index in [0.29, 0.717) is 5.70 Å². The van der Waals surface area contributed by atoms with Gasteiger partial charge < -0.3 is 20.3 Å². The number of nitrogens with one attached hydrogen (secondary N) is 1. The molecule has 0 atom stereocenters. The van der Waals surface area contributed by atoms with E-state index in [1.54, 1.807) is 30.3 Å². The van der Waals surface area contributed by atoms with Crippen molar-refractivity contribution in [2.75, 3.05) is 19.0 Å². The fourth-order valence-electron chi connectivity index (χ4n) is 2.26. The van der Waals surface area contributed by atoms with Gasteiger partial charge in [-0.3, -0.25) is 0 Å². The molecule has 0 fully saturated rings. The molecule has 3 rings (SSSR count). The Labute approximate surface area is 148 Å². The Bertz CT molecular complexity index is 940. The average molecular weight is 358 g/mol. The topological polar surface area (TPSA) is 86.2 Å². The fourth-order valence-corrected chi connectivity index (χ4v) is 2.26. The van der Waals surface area contributed by atoms with Crippen molar-refractivity contribution in [1.82, 2.24) is 10.1 Å². The molecule has 0 radical (unpaired) electrons. The second kappa shape index (κ2) is 7.75. The lowest BCUT2D eigenvalue weighted by Crippen LogP contribution is -2.14. The van der Waals surface area contributed by atoms with Crippen LogP contribution in [-0.4, -0.2) is 23.9 Å². The number of methoxy groups -OCH3 is 1. The monoisotopic (exact) mass is 358 g/mol. The predicted octanol–water partition coefficient (Wildman–Crippen LogP) is 3.40. The van der Waals surface area contributed by atoms with Gasteiger partial charge in [0.05, 0.1) is 23.6 Å². The summed E-state index contributed by atoms with van der Waals surface area (Å²) in [5.41, 5.74) is 6.89. The van der Waals surface area contributed by atoms with Gasteiger partial charge in [0.15, 0.2) is 0 Å². The first kappa shape index (κ1) is 17.6. The van der Waals surface area contributed by atoms with Crippen molar-refractivity contribution in [3.63, 3.8) is 0 Å². The zero-order chi connectivity index (χ0) is 18.5. The fraction of sp³-hybridized carbons (Fsp3) is 0.111. The molecule has 6 nitrogen and oxygen atoms in total. The summed E-state index contributed by atoms with van der Waals surface area (Å²) in [6.07, 6.45) is 0. The third-order valence-electron chi connectivity index (χ3n) is 3.54. The van der Waals surface area contributed by atoms with Crippen LogP contribution in [0.4, 0.5) is 14.5 Å². The van der Waals surface area contributed by atoms with Crippen LogP contribution in [0.15, 0.2) is 58.8 Å². The lowest BCUT2D eigenvalue weighted by molar-refractivity contribution is 0.226. The molecule has 2 aromatic carbocycles. The van der Waals surface area contributed by atoms with Crippen molar-refractivity contribution in [2.45, 2.75) is 0 Å². The minimum absolute atomic E-state index is 0.0286. The summed E-state index contributed by atoms with van der Waals surface area (Å²) in [5.74, 6) is -0.904. The van der Waals surface area contributed by atoms with Crippen LogP contribution < -0.4 is 11.1 Å². The van der Waals surface area contributed by atoms with Gasteiger partial charge in [0.2, 0.25) is 5.82 Å². The van der Waals surface area contributed by atoms with Crippen molar-refractivity contribution in [2.24, 2.45) is 5.73 Å². The largest absolute Gasteiger partial charge is 0.393 e. The number of ether oxygens (including phenoxy) is 1. The Balaban J connectivity index is 1.95. The second-order valence-electron chi connectivity index (χ2n) is 5.33. The van der Waals surface area contributed by atoms with Gasteiger partial charge in [0, 0.05) is 7.11 Å². The van der Waals surface area contributed by atoms with E-state index in [4.69, 9.17) is 15.0 Å². The summed E-state index contributed by atoms with van der Waals surface area (Å²) in [6, 6.07) is 12.1. The minimum Gasteiger partial charge on any atom is -0.393 e. The number of aromatic nitrogens is 2. The SMILES string of the molecule is COC/C(Nc1ccccc1F)=C(/N)c1nc(-c2ccccc2F)no1. The zero-order valence-corrected chi connectivity index (χ0v) is 13.9. The molecule has 0 saturated heterocycles. The molecule has 0 amide bonds. The van der Waals surface area contributed by atoms with Crippen LogP contribution in [0.25, 0.3) is 17.1 Å². The van der Waals surface area contributed by atoms with E-state index in [0.717, 1.165) is 0 Å². The molecule has 0 aliphatic rings. The molecule has 0 aliphatic heterocycles. The Hall–Kier alpha value is -3.26. The number of nitrogens with zero attached hydrogens (tertiary/aromatic N) is 2. The first-order valence-electron chi connectivity index (χ1n) is 7.68. The minimum atomic E-state index is -0.482. The van der Waals surface area contributed by atoms with E-state index in [-0.39, 0.29) is 35.3 Å². The molecular weight excluding hydrogens is 342 g/mol. The highest BCUT2D eigenvalue weighted by molar-refractivity contribution is 5.67. The Morgan fingerprint density at radius 1 is 1.12 bits per heavy atom. The van der Waals surface area contributed by atoms with E-state index >= 15 is 0 Å². The molecule has 0 bridgehead atoms. The van der Waals surface area contributed by atoms with Crippen LogP contribution >= 0.6 is 0 Å². The summed E-state index contributed by atoms with van der Waals surface area (Å²) in [6.45, 7) is 0.0532. The Kier molecular flexibility index (Phi) is 5.23. The lowest BCUT2D eigenvalue weighted by Gasteiger charge is -2.12. The highest BCUT2D eigenvalue weighted by atomic mass is 19.1. The van der Waals surface area contributed by atoms with Crippen molar-refractivity contribution >= 4 is 11.4 Å². The molecule has 3 N–H and O–H groups in total. The molecule has 0 saturated carbocycles. The maximum atomic E-state index is 13.9.